The summed E-state index contributed by atoms with van der Waals surface area (Å²) >= 11 is 0. The Hall–Kier alpha value is -1.92. The lowest BCUT2D eigenvalue weighted by Gasteiger charge is -2.32. The zero-order chi connectivity index (χ0) is 19.1. The molecule has 25 heavy (non-hydrogen) atoms. The first-order valence-electron chi connectivity index (χ1n) is 8.66. The highest BCUT2D eigenvalue weighted by Gasteiger charge is 2.16. The molecule has 2 N–H and O–H groups in total. The molecule has 6 nitrogen and oxygen atoms in total. The van der Waals surface area contributed by atoms with Crippen molar-refractivity contribution in [2.75, 3.05) is 39.8 Å². The van der Waals surface area contributed by atoms with Crippen molar-refractivity contribution in [3.05, 3.63) is 35.9 Å². The lowest BCUT2D eigenvalue weighted by molar-refractivity contribution is -0.131. The standard InChI is InChI=1S/C8H8O2.C7H15N3O.C4H10/c9-7-10-6-8-4-2-1-3-5-8;1-9-2-4-10(5-3-9)7(11)6-8;1-4(2)3/h1-5,7H,6H2;2-6,8H2,1H3;4H,1-3H3. The molecule has 0 unspecified atom stereocenters. The number of likely N-dealkylation sites (N-methyl/N-ethyl adjacent to an activating group) is 1. The third-order valence-electron chi connectivity index (χ3n) is 3.19. The summed E-state index contributed by atoms with van der Waals surface area (Å²) in [5.74, 6) is 0.901. The number of nitrogens with two attached hydrogens (primary N) is 1. The predicted octanol–water partition coefficient (Wildman–Crippen LogP) is 1.74. The Balaban J connectivity index is 0.000000383. The van der Waals surface area contributed by atoms with Gasteiger partial charge in [-0.1, -0.05) is 51.1 Å². The number of ether oxygens (including phenoxy) is 1. The number of piperazine rings is 1. The predicted molar refractivity (Wildman–Crippen MR) is 101 cm³/mol. The Bertz CT molecular complexity index is 455. The van der Waals surface area contributed by atoms with Crippen LogP contribution in [0.25, 0.3) is 0 Å². The Morgan fingerprint density at radius 3 is 2.12 bits per heavy atom. The molecule has 1 aromatic rings. The molecule has 0 aromatic heterocycles. The van der Waals surface area contributed by atoms with E-state index < -0.39 is 0 Å². The van der Waals surface area contributed by atoms with E-state index in [4.69, 9.17) is 5.73 Å². The van der Waals surface area contributed by atoms with Gasteiger partial charge in [0.1, 0.15) is 6.61 Å². The molecule has 2 rings (SSSR count). The fourth-order valence-electron chi connectivity index (χ4n) is 1.89. The lowest BCUT2D eigenvalue weighted by atomic mass is 10.2. The fourth-order valence-corrected chi connectivity index (χ4v) is 1.89. The number of carbonyl (C=O) groups is 2. The Morgan fingerprint density at radius 1 is 1.16 bits per heavy atom. The second-order valence-corrected chi connectivity index (χ2v) is 6.51. The normalized spacial score (nSPS) is 13.9. The minimum absolute atomic E-state index is 0.0677. The van der Waals surface area contributed by atoms with Gasteiger partial charge in [0.05, 0.1) is 6.54 Å². The summed E-state index contributed by atoms with van der Waals surface area (Å²) in [5.41, 5.74) is 6.24. The zero-order valence-electron chi connectivity index (χ0n) is 16.0. The van der Waals surface area contributed by atoms with E-state index in [1.165, 1.54) is 0 Å². The molecule has 0 saturated carbocycles. The van der Waals surface area contributed by atoms with Gasteiger partial charge in [-0.2, -0.15) is 0 Å². The van der Waals surface area contributed by atoms with E-state index in [0.717, 1.165) is 37.7 Å². The molecule has 1 heterocycles. The van der Waals surface area contributed by atoms with Crippen LogP contribution in [-0.4, -0.2) is 62.0 Å². The van der Waals surface area contributed by atoms with Crippen molar-refractivity contribution in [1.82, 2.24) is 9.80 Å². The molecule has 0 atom stereocenters. The van der Waals surface area contributed by atoms with E-state index in [1.807, 2.05) is 35.2 Å². The van der Waals surface area contributed by atoms with E-state index in [0.29, 0.717) is 13.1 Å². The number of carbonyl (C=O) groups excluding carboxylic acids is 2. The van der Waals surface area contributed by atoms with Crippen molar-refractivity contribution in [1.29, 1.82) is 0 Å². The second-order valence-electron chi connectivity index (χ2n) is 6.51. The van der Waals surface area contributed by atoms with Gasteiger partial charge < -0.3 is 20.3 Å². The van der Waals surface area contributed by atoms with Gasteiger partial charge in [-0.05, 0) is 18.5 Å². The monoisotopic (exact) mass is 351 g/mol. The van der Waals surface area contributed by atoms with Gasteiger partial charge in [0.25, 0.3) is 6.47 Å². The van der Waals surface area contributed by atoms with Crippen LogP contribution in [0.3, 0.4) is 0 Å². The number of hydrogen-bond acceptors (Lipinski definition) is 5. The van der Waals surface area contributed by atoms with E-state index in [9.17, 15) is 9.59 Å². The van der Waals surface area contributed by atoms with Gasteiger partial charge >= 0.3 is 0 Å². The van der Waals surface area contributed by atoms with Gasteiger partial charge in [-0.3, -0.25) is 9.59 Å². The Labute approximate surface area is 151 Å². The van der Waals surface area contributed by atoms with Gasteiger partial charge in [-0.25, -0.2) is 0 Å². The molecule has 0 bridgehead atoms. The zero-order valence-corrected chi connectivity index (χ0v) is 16.0. The molecule has 0 radical (unpaired) electrons. The van der Waals surface area contributed by atoms with Crippen molar-refractivity contribution >= 4 is 12.4 Å². The lowest BCUT2D eigenvalue weighted by Crippen LogP contribution is -2.48. The Morgan fingerprint density at radius 2 is 1.68 bits per heavy atom. The first kappa shape index (κ1) is 23.1. The van der Waals surface area contributed by atoms with Crippen LogP contribution < -0.4 is 5.73 Å². The molecule has 1 aliphatic heterocycles. The van der Waals surface area contributed by atoms with Crippen molar-refractivity contribution in [3.8, 4) is 0 Å². The van der Waals surface area contributed by atoms with Crippen molar-refractivity contribution in [3.63, 3.8) is 0 Å². The van der Waals surface area contributed by atoms with E-state index in [1.54, 1.807) is 0 Å². The summed E-state index contributed by atoms with van der Waals surface area (Å²) in [6.07, 6.45) is 0. The fraction of sp³-hybridized carbons (Fsp3) is 0.579. The highest BCUT2D eigenvalue weighted by Crippen LogP contribution is 1.99. The molecule has 1 amide bonds. The molecule has 0 spiro atoms. The van der Waals surface area contributed by atoms with E-state index in [-0.39, 0.29) is 12.5 Å². The average molecular weight is 351 g/mol. The van der Waals surface area contributed by atoms with Crippen LogP contribution in [0.2, 0.25) is 0 Å². The minimum atomic E-state index is 0.0677. The summed E-state index contributed by atoms with van der Waals surface area (Å²) in [5, 5.41) is 0. The second kappa shape index (κ2) is 14.4. The van der Waals surface area contributed by atoms with Gasteiger partial charge in [-0.15, -0.1) is 0 Å². The summed E-state index contributed by atoms with van der Waals surface area (Å²) in [6, 6.07) is 9.55. The quantitative estimate of drug-likeness (QED) is 0.836. The maximum absolute atomic E-state index is 11.1. The highest BCUT2D eigenvalue weighted by molar-refractivity contribution is 5.78. The number of benzene rings is 1. The summed E-state index contributed by atoms with van der Waals surface area (Å²) in [6.45, 7) is 11.0. The number of amides is 1. The molecule has 0 aliphatic carbocycles. The SMILES string of the molecule is CC(C)C.CN1CCN(C(=O)CN)CC1.O=COCc1ccccc1. The molecule has 1 fully saturated rings. The molecular weight excluding hydrogens is 318 g/mol. The van der Waals surface area contributed by atoms with Gasteiger partial charge in [0, 0.05) is 26.2 Å². The molecule has 1 saturated heterocycles. The van der Waals surface area contributed by atoms with Crippen LogP contribution in [0, 0.1) is 5.92 Å². The molecule has 142 valence electrons. The van der Waals surface area contributed by atoms with Gasteiger partial charge in [0.2, 0.25) is 5.91 Å². The summed E-state index contributed by atoms with van der Waals surface area (Å²) in [4.78, 5) is 24.8. The van der Waals surface area contributed by atoms with Gasteiger partial charge in [0.15, 0.2) is 0 Å². The molecule has 6 heteroatoms. The topological polar surface area (TPSA) is 75.9 Å². The summed E-state index contributed by atoms with van der Waals surface area (Å²) in [7, 11) is 2.06. The minimum Gasteiger partial charge on any atom is -0.463 e. The average Bonchev–Trinajstić information content (AvgIpc) is 2.61. The number of rotatable bonds is 4. The van der Waals surface area contributed by atoms with Crippen LogP contribution in [0.15, 0.2) is 30.3 Å². The van der Waals surface area contributed by atoms with Crippen molar-refractivity contribution in [2.45, 2.75) is 27.4 Å². The third kappa shape index (κ3) is 13.1. The van der Waals surface area contributed by atoms with Crippen LogP contribution in [0.4, 0.5) is 0 Å². The van der Waals surface area contributed by atoms with Crippen LogP contribution in [-0.2, 0) is 20.9 Å². The molecule has 1 aliphatic rings. The maximum Gasteiger partial charge on any atom is 0.293 e. The van der Waals surface area contributed by atoms with E-state index in [2.05, 4.69) is 37.5 Å². The molecular formula is C19H33N3O3. The van der Waals surface area contributed by atoms with Crippen LogP contribution >= 0.6 is 0 Å². The summed E-state index contributed by atoms with van der Waals surface area (Å²) < 4.78 is 4.54. The smallest absolute Gasteiger partial charge is 0.293 e. The van der Waals surface area contributed by atoms with Crippen LogP contribution in [0.1, 0.15) is 26.3 Å². The number of nitrogens with zero attached hydrogens (tertiary/aromatic N) is 2. The third-order valence-corrected chi connectivity index (χ3v) is 3.19. The maximum atomic E-state index is 11.1. The largest absolute Gasteiger partial charge is 0.463 e. The number of hydrogen-bond donors (Lipinski definition) is 1. The van der Waals surface area contributed by atoms with Crippen molar-refractivity contribution in [2.24, 2.45) is 11.7 Å². The molecule has 1 aromatic carbocycles. The highest BCUT2D eigenvalue weighted by atomic mass is 16.5. The van der Waals surface area contributed by atoms with Crippen molar-refractivity contribution < 1.29 is 14.3 Å². The van der Waals surface area contributed by atoms with E-state index >= 15 is 0 Å². The first-order valence-corrected chi connectivity index (χ1v) is 8.66. The first-order chi connectivity index (χ1) is 11.9. The Kier molecular flexibility index (Phi) is 13.3. The van der Waals surface area contributed by atoms with Crippen LogP contribution in [0.5, 0.6) is 0 Å².